The summed E-state index contributed by atoms with van der Waals surface area (Å²) < 4.78 is 6.89. The highest BCUT2D eigenvalue weighted by Crippen LogP contribution is 2.15. The van der Waals surface area contributed by atoms with Gasteiger partial charge in [-0.2, -0.15) is 5.10 Å². The molecule has 0 bridgehead atoms. The molecule has 6 nitrogen and oxygen atoms in total. The van der Waals surface area contributed by atoms with Gasteiger partial charge in [-0.05, 0) is 27.7 Å². The molecule has 0 aromatic carbocycles. The number of carbonyl (C=O) groups is 1. The van der Waals surface area contributed by atoms with Crippen molar-refractivity contribution in [2.75, 3.05) is 0 Å². The fourth-order valence-electron chi connectivity index (χ4n) is 1.48. The minimum absolute atomic E-state index is 0.242. The standard InChI is InChI=1S/C13H24N4O2/c1-8(2)11-15-7-17(16-11)9(3)10(14)12(18)19-13(4,5)6/h7-10H,14H2,1-6H3. The zero-order chi connectivity index (χ0) is 14.8. The lowest BCUT2D eigenvalue weighted by Crippen LogP contribution is -2.42. The van der Waals surface area contributed by atoms with Crippen molar-refractivity contribution in [3.8, 4) is 0 Å². The molecule has 6 heteroatoms. The second kappa shape index (κ2) is 5.69. The molecule has 0 aliphatic carbocycles. The first-order valence-electron chi connectivity index (χ1n) is 6.51. The molecule has 19 heavy (non-hydrogen) atoms. The molecule has 0 aliphatic rings. The molecule has 1 rings (SSSR count). The van der Waals surface area contributed by atoms with E-state index in [4.69, 9.17) is 10.5 Å². The summed E-state index contributed by atoms with van der Waals surface area (Å²) in [6.07, 6.45) is 1.60. The summed E-state index contributed by atoms with van der Waals surface area (Å²) >= 11 is 0. The Morgan fingerprint density at radius 2 is 1.95 bits per heavy atom. The Bertz CT molecular complexity index is 434. The molecule has 0 saturated carbocycles. The maximum Gasteiger partial charge on any atom is 0.325 e. The SMILES string of the molecule is CC(C)c1ncn(C(C)C(N)C(=O)OC(C)(C)C)n1. The van der Waals surface area contributed by atoms with Crippen LogP contribution in [0.25, 0.3) is 0 Å². The fourth-order valence-corrected chi connectivity index (χ4v) is 1.48. The molecule has 0 amide bonds. The van der Waals surface area contributed by atoms with E-state index in [0.717, 1.165) is 5.82 Å². The molecule has 0 spiro atoms. The number of carbonyl (C=O) groups excluding carboxylic acids is 1. The average Bonchev–Trinajstić information content (AvgIpc) is 2.73. The van der Waals surface area contributed by atoms with Crippen molar-refractivity contribution in [2.45, 2.75) is 65.1 Å². The Balaban J connectivity index is 2.75. The third-order valence-corrected chi connectivity index (χ3v) is 2.66. The minimum atomic E-state index is -0.763. The molecule has 2 unspecified atom stereocenters. The van der Waals surface area contributed by atoms with Crippen molar-refractivity contribution < 1.29 is 9.53 Å². The van der Waals surface area contributed by atoms with Gasteiger partial charge in [0.25, 0.3) is 0 Å². The number of nitrogens with two attached hydrogens (primary N) is 1. The average molecular weight is 268 g/mol. The van der Waals surface area contributed by atoms with Crippen LogP contribution in [0.3, 0.4) is 0 Å². The van der Waals surface area contributed by atoms with E-state index in [-0.39, 0.29) is 12.0 Å². The van der Waals surface area contributed by atoms with Gasteiger partial charge in [-0.3, -0.25) is 4.79 Å². The van der Waals surface area contributed by atoms with Crippen LogP contribution in [-0.2, 0) is 9.53 Å². The van der Waals surface area contributed by atoms with Crippen molar-refractivity contribution in [1.82, 2.24) is 14.8 Å². The first kappa shape index (κ1) is 15.6. The van der Waals surface area contributed by atoms with Gasteiger partial charge in [-0.15, -0.1) is 0 Å². The Morgan fingerprint density at radius 3 is 2.37 bits per heavy atom. The van der Waals surface area contributed by atoms with Crippen LogP contribution in [0.1, 0.15) is 59.3 Å². The van der Waals surface area contributed by atoms with Crippen LogP contribution in [0.2, 0.25) is 0 Å². The quantitative estimate of drug-likeness (QED) is 0.839. The molecular weight excluding hydrogens is 244 g/mol. The van der Waals surface area contributed by atoms with Crippen molar-refractivity contribution in [2.24, 2.45) is 5.73 Å². The first-order valence-corrected chi connectivity index (χ1v) is 6.51. The number of esters is 1. The lowest BCUT2D eigenvalue weighted by Gasteiger charge is -2.24. The molecule has 0 fully saturated rings. The highest BCUT2D eigenvalue weighted by molar-refractivity contribution is 5.76. The predicted molar refractivity (Wildman–Crippen MR) is 72.6 cm³/mol. The Kier molecular flexibility index (Phi) is 4.68. The molecule has 1 aromatic rings. The molecule has 1 heterocycles. The summed E-state index contributed by atoms with van der Waals surface area (Å²) in [6.45, 7) is 11.3. The van der Waals surface area contributed by atoms with Crippen LogP contribution in [0.15, 0.2) is 6.33 Å². The van der Waals surface area contributed by atoms with Crippen molar-refractivity contribution in [3.63, 3.8) is 0 Å². The lowest BCUT2D eigenvalue weighted by atomic mass is 10.1. The van der Waals surface area contributed by atoms with Crippen LogP contribution in [-0.4, -0.2) is 32.4 Å². The molecule has 1 aromatic heterocycles. The van der Waals surface area contributed by atoms with Crippen molar-refractivity contribution in [3.05, 3.63) is 12.2 Å². The zero-order valence-corrected chi connectivity index (χ0v) is 12.5. The summed E-state index contributed by atoms with van der Waals surface area (Å²) in [5, 5.41) is 4.33. The Labute approximate surface area is 114 Å². The summed E-state index contributed by atoms with van der Waals surface area (Å²) in [4.78, 5) is 16.1. The van der Waals surface area contributed by atoms with E-state index >= 15 is 0 Å². The number of nitrogens with zero attached hydrogens (tertiary/aromatic N) is 3. The van der Waals surface area contributed by atoms with Gasteiger partial charge in [0, 0.05) is 5.92 Å². The van der Waals surface area contributed by atoms with Gasteiger partial charge in [-0.1, -0.05) is 13.8 Å². The van der Waals surface area contributed by atoms with Crippen LogP contribution in [0, 0.1) is 0 Å². The van der Waals surface area contributed by atoms with Crippen LogP contribution >= 0.6 is 0 Å². The van der Waals surface area contributed by atoms with E-state index in [2.05, 4.69) is 10.1 Å². The van der Waals surface area contributed by atoms with E-state index < -0.39 is 17.6 Å². The Morgan fingerprint density at radius 1 is 1.37 bits per heavy atom. The van der Waals surface area contributed by atoms with E-state index in [1.54, 1.807) is 11.0 Å². The van der Waals surface area contributed by atoms with Gasteiger partial charge in [0.05, 0.1) is 6.04 Å². The zero-order valence-electron chi connectivity index (χ0n) is 12.5. The number of aromatic nitrogens is 3. The summed E-state index contributed by atoms with van der Waals surface area (Å²) in [7, 11) is 0. The minimum Gasteiger partial charge on any atom is -0.459 e. The Hall–Kier alpha value is -1.43. The van der Waals surface area contributed by atoms with E-state index in [1.807, 2.05) is 41.5 Å². The second-order valence-corrected chi connectivity index (χ2v) is 6.04. The highest BCUT2D eigenvalue weighted by Gasteiger charge is 2.28. The van der Waals surface area contributed by atoms with E-state index in [1.165, 1.54) is 0 Å². The van der Waals surface area contributed by atoms with Crippen molar-refractivity contribution >= 4 is 5.97 Å². The summed E-state index contributed by atoms with van der Waals surface area (Å²) in [6, 6.07) is -1.06. The van der Waals surface area contributed by atoms with Gasteiger partial charge in [0.2, 0.25) is 0 Å². The topological polar surface area (TPSA) is 83.0 Å². The van der Waals surface area contributed by atoms with Gasteiger partial charge in [0.15, 0.2) is 5.82 Å². The molecular formula is C13H24N4O2. The second-order valence-electron chi connectivity index (χ2n) is 6.04. The monoisotopic (exact) mass is 268 g/mol. The number of rotatable bonds is 4. The summed E-state index contributed by atoms with van der Waals surface area (Å²) in [5.41, 5.74) is 5.38. The van der Waals surface area contributed by atoms with Gasteiger partial charge >= 0.3 is 5.97 Å². The molecule has 2 atom stereocenters. The largest absolute Gasteiger partial charge is 0.459 e. The maximum absolute atomic E-state index is 11.9. The normalized spacial score (nSPS) is 15.4. The number of hydrogen-bond donors (Lipinski definition) is 1. The molecule has 108 valence electrons. The maximum atomic E-state index is 11.9. The molecule has 0 radical (unpaired) electrons. The fraction of sp³-hybridized carbons (Fsp3) is 0.769. The predicted octanol–water partition coefficient (Wildman–Crippen LogP) is 1.63. The lowest BCUT2D eigenvalue weighted by molar-refractivity contribution is -0.157. The molecule has 0 saturated heterocycles. The third kappa shape index (κ3) is 4.31. The van der Waals surface area contributed by atoms with Gasteiger partial charge in [0.1, 0.15) is 18.0 Å². The van der Waals surface area contributed by atoms with Crippen molar-refractivity contribution in [1.29, 1.82) is 0 Å². The smallest absolute Gasteiger partial charge is 0.325 e. The first-order chi connectivity index (χ1) is 8.61. The number of hydrogen-bond acceptors (Lipinski definition) is 5. The van der Waals surface area contributed by atoms with Gasteiger partial charge < -0.3 is 10.5 Å². The van der Waals surface area contributed by atoms with Crippen LogP contribution in [0.4, 0.5) is 0 Å². The van der Waals surface area contributed by atoms with E-state index in [0.29, 0.717) is 0 Å². The molecule has 0 aliphatic heterocycles. The van der Waals surface area contributed by atoms with Gasteiger partial charge in [-0.25, -0.2) is 9.67 Å². The van der Waals surface area contributed by atoms with Crippen LogP contribution in [0.5, 0.6) is 0 Å². The molecule has 2 N–H and O–H groups in total. The van der Waals surface area contributed by atoms with Crippen LogP contribution < -0.4 is 5.73 Å². The third-order valence-electron chi connectivity index (χ3n) is 2.66. The number of ether oxygens (including phenoxy) is 1. The highest BCUT2D eigenvalue weighted by atomic mass is 16.6. The summed E-state index contributed by atoms with van der Waals surface area (Å²) in [5.74, 6) is 0.552. The van der Waals surface area contributed by atoms with E-state index in [9.17, 15) is 4.79 Å².